The predicted molar refractivity (Wildman–Crippen MR) is 62.2 cm³/mol. The van der Waals surface area contributed by atoms with Crippen LogP contribution in [0.4, 0.5) is 10.2 Å². The first-order valence-electron chi connectivity index (χ1n) is 5.39. The van der Waals surface area contributed by atoms with Crippen LogP contribution in [0.3, 0.4) is 0 Å². The summed E-state index contributed by atoms with van der Waals surface area (Å²) in [6.45, 7) is 5.74. The van der Waals surface area contributed by atoms with Crippen molar-refractivity contribution in [2.24, 2.45) is 0 Å². The summed E-state index contributed by atoms with van der Waals surface area (Å²) >= 11 is 0. The number of halogens is 1. The Hall–Kier alpha value is -1.91. The maximum absolute atomic E-state index is 12.7. The fourth-order valence-electron chi connectivity index (χ4n) is 1.86. The Balaban J connectivity index is 2.17. The highest BCUT2D eigenvalue weighted by Gasteiger charge is 2.16. The molecular formula is C12H14FN3O. The van der Waals surface area contributed by atoms with E-state index < -0.39 is 0 Å². The monoisotopic (exact) mass is 235 g/mol. The lowest BCUT2D eigenvalue weighted by Gasteiger charge is -2.14. The number of nitrogens with one attached hydrogen (secondary N) is 1. The summed E-state index contributed by atoms with van der Waals surface area (Å²) < 4.78 is 17.8. The Morgan fingerprint density at radius 3 is 2.65 bits per heavy atom. The first-order valence-corrected chi connectivity index (χ1v) is 5.39. The van der Waals surface area contributed by atoms with Crippen LogP contribution in [0, 0.1) is 19.7 Å². The van der Waals surface area contributed by atoms with E-state index in [1.54, 1.807) is 6.07 Å². The van der Waals surface area contributed by atoms with E-state index >= 15 is 0 Å². The summed E-state index contributed by atoms with van der Waals surface area (Å²) in [7, 11) is 0. The molecular weight excluding hydrogens is 221 g/mol. The van der Waals surface area contributed by atoms with E-state index in [9.17, 15) is 4.39 Å². The molecule has 0 fully saturated rings. The molecule has 0 bridgehead atoms. The number of rotatable bonds is 3. The fourth-order valence-corrected chi connectivity index (χ4v) is 1.86. The standard InChI is InChI=1S/C12H14FN3O/c1-7(12-8(2)16-17-9(12)3)15-11-5-4-10(13)6-14-11/h4-7H,1-3H3,(H,14,15). The Bertz CT molecular complexity index is 487. The van der Waals surface area contributed by atoms with Gasteiger partial charge in [-0.1, -0.05) is 5.16 Å². The maximum atomic E-state index is 12.7. The minimum atomic E-state index is -0.347. The zero-order chi connectivity index (χ0) is 12.4. The van der Waals surface area contributed by atoms with Crippen molar-refractivity contribution in [2.75, 3.05) is 5.32 Å². The SMILES string of the molecule is Cc1noc(C)c1C(C)Nc1ccc(F)cn1. The second-order valence-corrected chi connectivity index (χ2v) is 3.97. The van der Waals surface area contributed by atoms with Gasteiger partial charge in [0, 0.05) is 5.56 Å². The third-order valence-electron chi connectivity index (χ3n) is 2.61. The Morgan fingerprint density at radius 2 is 2.12 bits per heavy atom. The molecule has 0 amide bonds. The third-order valence-corrected chi connectivity index (χ3v) is 2.61. The lowest BCUT2D eigenvalue weighted by atomic mass is 10.1. The molecule has 0 aliphatic carbocycles. The first-order chi connectivity index (χ1) is 8.08. The minimum absolute atomic E-state index is 0.0132. The van der Waals surface area contributed by atoms with Gasteiger partial charge in [0.2, 0.25) is 0 Å². The molecule has 1 N–H and O–H groups in total. The zero-order valence-electron chi connectivity index (χ0n) is 9.99. The summed E-state index contributed by atoms with van der Waals surface area (Å²) in [6, 6.07) is 2.98. The molecule has 0 aromatic carbocycles. The molecule has 90 valence electrons. The van der Waals surface area contributed by atoms with Gasteiger partial charge in [-0.05, 0) is 32.9 Å². The van der Waals surface area contributed by atoms with E-state index in [2.05, 4.69) is 15.5 Å². The molecule has 0 radical (unpaired) electrons. The Morgan fingerprint density at radius 1 is 1.35 bits per heavy atom. The first kappa shape index (κ1) is 11.6. The zero-order valence-corrected chi connectivity index (χ0v) is 9.99. The Kier molecular flexibility index (Phi) is 3.08. The van der Waals surface area contributed by atoms with Crippen LogP contribution in [0.25, 0.3) is 0 Å². The second-order valence-electron chi connectivity index (χ2n) is 3.97. The van der Waals surface area contributed by atoms with Gasteiger partial charge in [-0.2, -0.15) is 0 Å². The van der Waals surface area contributed by atoms with E-state index in [1.807, 2.05) is 20.8 Å². The van der Waals surface area contributed by atoms with Crippen molar-refractivity contribution in [1.82, 2.24) is 10.1 Å². The third kappa shape index (κ3) is 2.43. The molecule has 0 spiro atoms. The van der Waals surface area contributed by atoms with Crippen molar-refractivity contribution >= 4 is 5.82 Å². The molecule has 0 aliphatic rings. The average Bonchev–Trinajstić information content (AvgIpc) is 2.62. The maximum Gasteiger partial charge on any atom is 0.141 e. The summed E-state index contributed by atoms with van der Waals surface area (Å²) in [5.41, 5.74) is 1.86. The molecule has 0 saturated heterocycles. The molecule has 2 heterocycles. The number of hydrogen-bond donors (Lipinski definition) is 1. The highest BCUT2D eigenvalue weighted by Crippen LogP contribution is 2.23. The van der Waals surface area contributed by atoms with Gasteiger partial charge in [-0.3, -0.25) is 0 Å². The molecule has 5 heteroatoms. The van der Waals surface area contributed by atoms with E-state index in [-0.39, 0.29) is 11.9 Å². The number of aryl methyl sites for hydroxylation is 2. The van der Waals surface area contributed by atoms with Gasteiger partial charge in [0.15, 0.2) is 0 Å². The minimum Gasteiger partial charge on any atom is -0.363 e. The number of pyridine rings is 1. The molecule has 4 nitrogen and oxygen atoms in total. The molecule has 2 aromatic heterocycles. The molecule has 0 saturated carbocycles. The van der Waals surface area contributed by atoms with Crippen LogP contribution in [0.5, 0.6) is 0 Å². The second kappa shape index (κ2) is 4.53. The predicted octanol–water partition coefficient (Wildman–Crippen LogP) is 3.00. The van der Waals surface area contributed by atoms with E-state index in [1.165, 1.54) is 12.3 Å². The summed E-state index contributed by atoms with van der Waals surface area (Å²) in [6.07, 6.45) is 1.18. The number of aromatic nitrogens is 2. The van der Waals surface area contributed by atoms with Crippen molar-refractivity contribution in [3.8, 4) is 0 Å². The van der Waals surface area contributed by atoms with Crippen LogP contribution >= 0.6 is 0 Å². The molecule has 0 aliphatic heterocycles. The number of nitrogens with zero attached hydrogens (tertiary/aromatic N) is 2. The van der Waals surface area contributed by atoms with Gasteiger partial charge in [0.1, 0.15) is 17.4 Å². The van der Waals surface area contributed by atoms with Gasteiger partial charge in [0.05, 0.1) is 17.9 Å². The van der Waals surface area contributed by atoms with E-state index in [4.69, 9.17) is 4.52 Å². The van der Waals surface area contributed by atoms with Crippen LogP contribution in [0.2, 0.25) is 0 Å². The van der Waals surface area contributed by atoms with E-state index in [0.29, 0.717) is 5.82 Å². The van der Waals surface area contributed by atoms with Crippen molar-refractivity contribution < 1.29 is 8.91 Å². The Labute approximate surface area is 98.8 Å². The van der Waals surface area contributed by atoms with Gasteiger partial charge in [-0.15, -0.1) is 0 Å². The van der Waals surface area contributed by atoms with E-state index in [0.717, 1.165) is 17.0 Å². The van der Waals surface area contributed by atoms with Crippen LogP contribution in [0.1, 0.15) is 30.0 Å². The summed E-state index contributed by atoms with van der Waals surface area (Å²) in [5.74, 6) is 1.06. The molecule has 17 heavy (non-hydrogen) atoms. The van der Waals surface area contributed by atoms with Crippen LogP contribution in [-0.4, -0.2) is 10.1 Å². The molecule has 2 aromatic rings. The van der Waals surface area contributed by atoms with Gasteiger partial charge in [-0.25, -0.2) is 9.37 Å². The largest absolute Gasteiger partial charge is 0.363 e. The van der Waals surface area contributed by atoms with Crippen LogP contribution < -0.4 is 5.32 Å². The fraction of sp³-hybridized carbons (Fsp3) is 0.333. The number of anilines is 1. The summed E-state index contributed by atoms with van der Waals surface area (Å²) in [5, 5.41) is 7.07. The highest BCUT2D eigenvalue weighted by atomic mass is 19.1. The average molecular weight is 235 g/mol. The van der Waals surface area contributed by atoms with Crippen molar-refractivity contribution in [3.63, 3.8) is 0 Å². The van der Waals surface area contributed by atoms with Crippen molar-refractivity contribution in [3.05, 3.63) is 41.2 Å². The summed E-state index contributed by atoms with van der Waals surface area (Å²) in [4.78, 5) is 3.95. The quantitative estimate of drug-likeness (QED) is 0.888. The molecule has 1 unspecified atom stereocenters. The topological polar surface area (TPSA) is 51.0 Å². The van der Waals surface area contributed by atoms with Gasteiger partial charge >= 0.3 is 0 Å². The van der Waals surface area contributed by atoms with Crippen molar-refractivity contribution in [1.29, 1.82) is 0 Å². The normalized spacial score (nSPS) is 12.5. The van der Waals surface area contributed by atoms with Gasteiger partial charge < -0.3 is 9.84 Å². The lowest BCUT2D eigenvalue weighted by Crippen LogP contribution is -2.09. The van der Waals surface area contributed by atoms with Crippen LogP contribution in [0.15, 0.2) is 22.9 Å². The smallest absolute Gasteiger partial charge is 0.141 e. The lowest BCUT2D eigenvalue weighted by molar-refractivity contribution is 0.392. The molecule has 2 rings (SSSR count). The number of hydrogen-bond acceptors (Lipinski definition) is 4. The van der Waals surface area contributed by atoms with Crippen LogP contribution in [-0.2, 0) is 0 Å². The van der Waals surface area contributed by atoms with Crippen molar-refractivity contribution in [2.45, 2.75) is 26.8 Å². The van der Waals surface area contributed by atoms with Gasteiger partial charge in [0.25, 0.3) is 0 Å². The molecule has 1 atom stereocenters. The highest BCUT2D eigenvalue weighted by molar-refractivity contribution is 5.39.